The van der Waals surface area contributed by atoms with E-state index in [0.717, 1.165) is 32.1 Å². The summed E-state index contributed by atoms with van der Waals surface area (Å²) < 4.78 is 9.67. The third-order valence-electron chi connectivity index (χ3n) is 4.23. The van der Waals surface area contributed by atoms with Crippen LogP contribution in [-0.2, 0) is 23.9 Å². The predicted molar refractivity (Wildman–Crippen MR) is 84.4 cm³/mol. The fourth-order valence-corrected chi connectivity index (χ4v) is 2.97. The zero-order valence-electron chi connectivity index (χ0n) is 14.1. The maximum absolute atomic E-state index is 12.3. The number of carbonyl (C=O) groups is 3. The minimum atomic E-state index is -1.42. The summed E-state index contributed by atoms with van der Waals surface area (Å²) in [7, 11) is 0. The van der Waals surface area contributed by atoms with Crippen molar-refractivity contribution in [1.82, 2.24) is 5.32 Å². The highest BCUT2D eigenvalue weighted by atomic mass is 16.6. The molecule has 1 fully saturated rings. The van der Waals surface area contributed by atoms with Crippen molar-refractivity contribution in [3.05, 3.63) is 0 Å². The van der Waals surface area contributed by atoms with Crippen molar-refractivity contribution in [2.75, 3.05) is 19.8 Å². The lowest BCUT2D eigenvalue weighted by Gasteiger charge is -2.35. The van der Waals surface area contributed by atoms with Crippen LogP contribution < -0.4 is 11.1 Å². The first kappa shape index (κ1) is 19.4. The van der Waals surface area contributed by atoms with E-state index in [1.165, 1.54) is 0 Å². The summed E-state index contributed by atoms with van der Waals surface area (Å²) in [4.78, 5) is 36.1. The number of ether oxygens (including phenoxy) is 2. The molecule has 0 unspecified atom stereocenters. The Balaban J connectivity index is 2.71. The standard InChI is InChI=1S/C16H28N2O5/c1-3-22-14(20)13(15(21)23-4-2)18-12(19)10-16(11-17)8-6-5-7-9-16/h13H,3-11,17H2,1-2H3,(H,18,19). The van der Waals surface area contributed by atoms with Crippen LogP contribution in [0.15, 0.2) is 0 Å². The monoisotopic (exact) mass is 328 g/mol. The van der Waals surface area contributed by atoms with Gasteiger partial charge in [0.1, 0.15) is 0 Å². The van der Waals surface area contributed by atoms with Gasteiger partial charge < -0.3 is 20.5 Å². The van der Waals surface area contributed by atoms with Crippen LogP contribution in [0.3, 0.4) is 0 Å². The van der Waals surface area contributed by atoms with E-state index >= 15 is 0 Å². The fraction of sp³-hybridized carbons (Fsp3) is 0.812. The molecule has 7 heteroatoms. The average Bonchev–Trinajstić information content (AvgIpc) is 2.53. The normalized spacial score (nSPS) is 16.7. The molecule has 1 rings (SSSR count). The Morgan fingerprint density at radius 1 is 1.04 bits per heavy atom. The molecule has 23 heavy (non-hydrogen) atoms. The largest absolute Gasteiger partial charge is 0.464 e. The highest BCUT2D eigenvalue weighted by molar-refractivity contribution is 6.02. The highest BCUT2D eigenvalue weighted by Gasteiger charge is 2.36. The molecular formula is C16H28N2O5. The molecule has 0 aromatic heterocycles. The average molecular weight is 328 g/mol. The molecule has 3 N–H and O–H groups in total. The quantitative estimate of drug-likeness (QED) is 0.506. The molecule has 0 aromatic carbocycles. The first-order valence-corrected chi connectivity index (χ1v) is 8.30. The maximum Gasteiger partial charge on any atom is 0.340 e. The van der Waals surface area contributed by atoms with Crippen molar-refractivity contribution >= 4 is 17.8 Å². The van der Waals surface area contributed by atoms with Gasteiger partial charge in [-0.05, 0) is 38.6 Å². The maximum atomic E-state index is 12.3. The zero-order valence-corrected chi connectivity index (χ0v) is 14.1. The van der Waals surface area contributed by atoms with Crippen molar-refractivity contribution < 1.29 is 23.9 Å². The molecule has 0 radical (unpaired) electrons. The molecule has 7 nitrogen and oxygen atoms in total. The molecule has 1 aliphatic carbocycles. The van der Waals surface area contributed by atoms with Gasteiger partial charge in [0, 0.05) is 6.42 Å². The van der Waals surface area contributed by atoms with Crippen LogP contribution in [0.4, 0.5) is 0 Å². The molecule has 0 aromatic rings. The highest BCUT2D eigenvalue weighted by Crippen LogP contribution is 2.38. The lowest BCUT2D eigenvalue weighted by molar-refractivity contribution is -0.159. The van der Waals surface area contributed by atoms with Crippen LogP contribution >= 0.6 is 0 Å². The molecule has 0 bridgehead atoms. The number of hydrogen-bond acceptors (Lipinski definition) is 6. The van der Waals surface area contributed by atoms with Crippen LogP contribution in [0.2, 0.25) is 0 Å². The smallest absolute Gasteiger partial charge is 0.340 e. The minimum Gasteiger partial charge on any atom is -0.464 e. The number of rotatable bonds is 8. The minimum absolute atomic E-state index is 0.122. The second-order valence-corrected chi connectivity index (χ2v) is 5.95. The van der Waals surface area contributed by atoms with Gasteiger partial charge >= 0.3 is 11.9 Å². The van der Waals surface area contributed by atoms with Crippen molar-refractivity contribution in [2.45, 2.75) is 58.4 Å². The van der Waals surface area contributed by atoms with E-state index in [-0.39, 0.29) is 31.0 Å². The second-order valence-electron chi connectivity index (χ2n) is 5.95. The lowest BCUT2D eigenvalue weighted by Crippen LogP contribution is -2.50. The van der Waals surface area contributed by atoms with Crippen LogP contribution in [0.1, 0.15) is 52.4 Å². The summed E-state index contributed by atoms with van der Waals surface area (Å²) >= 11 is 0. The summed E-state index contributed by atoms with van der Waals surface area (Å²) in [5.41, 5.74) is 5.63. The molecule has 132 valence electrons. The summed E-state index contributed by atoms with van der Waals surface area (Å²) in [6.45, 7) is 3.93. The Labute approximate surface area is 137 Å². The van der Waals surface area contributed by atoms with Gasteiger partial charge in [0.15, 0.2) is 0 Å². The Hall–Kier alpha value is -1.63. The lowest BCUT2D eigenvalue weighted by atomic mass is 9.71. The molecule has 0 heterocycles. The Kier molecular flexibility index (Phi) is 8.02. The number of esters is 2. The van der Waals surface area contributed by atoms with E-state index in [9.17, 15) is 14.4 Å². The zero-order chi connectivity index (χ0) is 17.3. The molecule has 0 atom stereocenters. The van der Waals surface area contributed by atoms with E-state index in [1.807, 2.05) is 0 Å². The van der Waals surface area contributed by atoms with E-state index < -0.39 is 18.0 Å². The molecule has 1 saturated carbocycles. The van der Waals surface area contributed by atoms with E-state index in [2.05, 4.69) is 5.32 Å². The van der Waals surface area contributed by atoms with Gasteiger partial charge in [0.25, 0.3) is 0 Å². The van der Waals surface area contributed by atoms with E-state index in [1.54, 1.807) is 13.8 Å². The number of nitrogens with one attached hydrogen (secondary N) is 1. The van der Waals surface area contributed by atoms with Crippen molar-refractivity contribution in [2.24, 2.45) is 11.1 Å². The van der Waals surface area contributed by atoms with Crippen LogP contribution in [0.25, 0.3) is 0 Å². The van der Waals surface area contributed by atoms with Gasteiger partial charge in [0.2, 0.25) is 11.9 Å². The second kappa shape index (κ2) is 9.50. The van der Waals surface area contributed by atoms with Crippen molar-refractivity contribution in [3.8, 4) is 0 Å². The number of amides is 1. The topological polar surface area (TPSA) is 108 Å². The first-order valence-electron chi connectivity index (χ1n) is 8.30. The van der Waals surface area contributed by atoms with Gasteiger partial charge in [0.05, 0.1) is 13.2 Å². The van der Waals surface area contributed by atoms with E-state index in [0.29, 0.717) is 6.54 Å². The number of carbonyl (C=O) groups excluding carboxylic acids is 3. The summed E-state index contributed by atoms with van der Waals surface area (Å²) in [5, 5.41) is 2.45. The Morgan fingerprint density at radius 2 is 1.57 bits per heavy atom. The first-order chi connectivity index (χ1) is 11.0. The third kappa shape index (κ3) is 5.82. The molecule has 1 amide bonds. The SMILES string of the molecule is CCOC(=O)C(NC(=O)CC1(CN)CCCCC1)C(=O)OCC. The number of nitrogens with two attached hydrogens (primary N) is 1. The van der Waals surface area contributed by atoms with Gasteiger partial charge in [-0.3, -0.25) is 4.79 Å². The number of hydrogen-bond donors (Lipinski definition) is 2. The van der Waals surface area contributed by atoms with Gasteiger partial charge in [-0.1, -0.05) is 19.3 Å². The van der Waals surface area contributed by atoms with Gasteiger partial charge in [-0.2, -0.15) is 0 Å². The van der Waals surface area contributed by atoms with Gasteiger partial charge in [-0.15, -0.1) is 0 Å². The summed E-state index contributed by atoms with van der Waals surface area (Å²) in [6.07, 6.45) is 5.23. The molecule has 0 saturated heterocycles. The van der Waals surface area contributed by atoms with Crippen molar-refractivity contribution in [3.63, 3.8) is 0 Å². The van der Waals surface area contributed by atoms with E-state index in [4.69, 9.17) is 15.2 Å². The Morgan fingerprint density at radius 3 is 2.00 bits per heavy atom. The third-order valence-corrected chi connectivity index (χ3v) is 4.23. The Bertz CT molecular complexity index is 401. The summed E-state index contributed by atoms with van der Waals surface area (Å²) in [5.74, 6) is -1.97. The van der Waals surface area contributed by atoms with Gasteiger partial charge in [-0.25, -0.2) is 9.59 Å². The molecule has 1 aliphatic rings. The van der Waals surface area contributed by atoms with Crippen LogP contribution in [0, 0.1) is 5.41 Å². The van der Waals surface area contributed by atoms with Crippen molar-refractivity contribution in [1.29, 1.82) is 0 Å². The van der Waals surface area contributed by atoms with Crippen LogP contribution in [-0.4, -0.2) is 43.6 Å². The summed E-state index contributed by atoms with van der Waals surface area (Å²) in [6, 6.07) is -1.42. The predicted octanol–water partition coefficient (Wildman–Crippen LogP) is 0.897. The fourth-order valence-electron chi connectivity index (χ4n) is 2.97. The molecule has 0 aliphatic heterocycles. The molecule has 0 spiro atoms. The van der Waals surface area contributed by atoms with Crippen LogP contribution in [0.5, 0.6) is 0 Å². The molecular weight excluding hydrogens is 300 g/mol.